The molecule has 7 heteroatoms. The van der Waals surface area contributed by atoms with E-state index in [4.69, 9.17) is 14.2 Å². The standard InChI is InChI=1S/C59H111NO6/c1-54(2)52-64-57(61)48-43-39-35-31-27-23-19-15-11-7-9-13-17-21-25-29-33-37-41-46-56(66-59(63)50-45-51-60(5)6)47-42-38-34-30-26-22-18-14-10-8-12-16-20-24-28-32-36-40-44-49-58(62)65-53-55(3)4/h7-8,11-12,54-56H,9-10,13-53H2,1-6H3/b11-7-,12-8-. The molecule has 0 aromatic heterocycles. The number of ether oxygens (including phenoxy) is 3. The molecule has 0 aromatic rings. The first kappa shape index (κ1) is 63.8. The highest BCUT2D eigenvalue weighted by atomic mass is 16.5. The molecule has 0 aromatic carbocycles. The quantitative estimate of drug-likeness (QED) is 0.0260. The number of unbranched alkanes of at least 4 members (excludes halogenated alkanes) is 30. The van der Waals surface area contributed by atoms with Crippen molar-refractivity contribution in [2.45, 2.75) is 291 Å². The van der Waals surface area contributed by atoms with Crippen LogP contribution in [-0.2, 0) is 28.6 Å². The summed E-state index contributed by atoms with van der Waals surface area (Å²) in [6.07, 6.45) is 57.1. The number of nitrogens with zero attached hydrogens (tertiary/aromatic N) is 1. The van der Waals surface area contributed by atoms with E-state index < -0.39 is 0 Å². The van der Waals surface area contributed by atoms with Crippen molar-refractivity contribution in [2.24, 2.45) is 11.8 Å². The second-order valence-electron chi connectivity index (χ2n) is 21.0. The smallest absolute Gasteiger partial charge is 0.306 e. The maximum Gasteiger partial charge on any atom is 0.306 e. The Hall–Kier alpha value is -2.15. The summed E-state index contributed by atoms with van der Waals surface area (Å²) in [5, 5.41) is 0. The van der Waals surface area contributed by atoms with E-state index >= 15 is 0 Å². The molecule has 0 amide bonds. The lowest BCUT2D eigenvalue weighted by Gasteiger charge is -2.18. The van der Waals surface area contributed by atoms with Gasteiger partial charge in [0, 0.05) is 19.3 Å². The Kier molecular flexibility index (Phi) is 49.1. The van der Waals surface area contributed by atoms with Gasteiger partial charge < -0.3 is 19.1 Å². The predicted octanol–water partition coefficient (Wildman–Crippen LogP) is 17.6. The van der Waals surface area contributed by atoms with E-state index in [1.54, 1.807) is 0 Å². The molecule has 0 N–H and O–H groups in total. The molecule has 0 heterocycles. The predicted molar refractivity (Wildman–Crippen MR) is 283 cm³/mol. The number of carbonyl (C=O) groups is 3. The summed E-state index contributed by atoms with van der Waals surface area (Å²) in [6, 6.07) is 0. The van der Waals surface area contributed by atoms with Crippen molar-refractivity contribution >= 4 is 17.9 Å². The van der Waals surface area contributed by atoms with Gasteiger partial charge in [0.15, 0.2) is 0 Å². The van der Waals surface area contributed by atoms with Crippen molar-refractivity contribution in [2.75, 3.05) is 33.9 Å². The van der Waals surface area contributed by atoms with Crippen molar-refractivity contribution in [3.63, 3.8) is 0 Å². The van der Waals surface area contributed by atoms with Crippen LogP contribution in [0.4, 0.5) is 0 Å². The van der Waals surface area contributed by atoms with Gasteiger partial charge in [0.05, 0.1) is 13.2 Å². The molecule has 0 atom stereocenters. The largest absolute Gasteiger partial charge is 0.465 e. The minimum Gasteiger partial charge on any atom is -0.465 e. The van der Waals surface area contributed by atoms with Gasteiger partial charge in [0.2, 0.25) is 0 Å². The van der Waals surface area contributed by atoms with E-state index in [1.165, 1.54) is 193 Å². The Morgan fingerprint density at radius 3 is 0.939 bits per heavy atom. The van der Waals surface area contributed by atoms with Crippen LogP contribution in [0.3, 0.4) is 0 Å². The molecule has 0 aliphatic carbocycles. The SMILES string of the molecule is CC(C)COC(=O)CCCCCCCCC/C=C\CCCCCCCCCCC(CCCCCCCCCC/C=C\CCCCCCCCCC(=O)OCC(C)C)OC(=O)CCCN(C)C. The summed E-state index contributed by atoms with van der Waals surface area (Å²) in [7, 11) is 4.12. The van der Waals surface area contributed by atoms with Gasteiger partial charge in [-0.2, -0.15) is 0 Å². The summed E-state index contributed by atoms with van der Waals surface area (Å²) >= 11 is 0. The Morgan fingerprint density at radius 1 is 0.364 bits per heavy atom. The Labute approximate surface area is 410 Å². The minimum absolute atomic E-state index is 0.000764. The topological polar surface area (TPSA) is 82.1 Å². The van der Waals surface area contributed by atoms with Crippen LogP contribution in [-0.4, -0.2) is 62.8 Å². The van der Waals surface area contributed by atoms with Crippen LogP contribution in [0.25, 0.3) is 0 Å². The summed E-state index contributed by atoms with van der Waals surface area (Å²) in [5.74, 6) is 0.767. The van der Waals surface area contributed by atoms with Gasteiger partial charge in [0.1, 0.15) is 6.10 Å². The number of allylic oxidation sites excluding steroid dienone is 4. The van der Waals surface area contributed by atoms with Crippen LogP contribution in [0, 0.1) is 11.8 Å². The monoisotopic (exact) mass is 930 g/mol. The van der Waals surface area contributed by atoms with E-state index in [0.717, 1.165) is 51.5 Å². The van der Waals surface area contributed by atoms with Gasteiger partial charge in [-0.1, -0.05) is 193 Å². The van der Waals surface area contributed by atoms with Crippen LogP contribution >= 0.6 is 0 Å². The van der Waals surface area contributed by atoms with Crippen LogP contribution in [0.5, 0.6) is 0 Å². The Morgan fingerprint density at radius 2 is 0.636 bits per heavy atom. The number of esters is 3. The molecule has 0 rings (SSSR count). The molecule has 0 aliphatic heterocycles. The van der Waals surface area contributed by atoms with E-state index in [1.807, 2.05) is 0 Å². The van der Waals surface area contributed by atoms with E-state index in [0.29, 0.717) is 44.3 Å². The lowest BCUT2D eigenvalue weighted by Crippen LogP contribution is -2.20. The van der Waals surface area contributed by atoms with Crippen molar-refractivity contribution in [1.82, 2.24) is 4.90 Å². The van der Waals surface area contributed by atoms with Crippen LogP contribution in [0.1, 0.15) is 285 Å². The maximum absolute atomic E-state index is 12.7. The Balaban J connectivity index is 3.82. The molecular formula is C59H111NO6. The summed E-state index contributed by atoms with van der Waals surface area (Å²) < 4.78 is 16.6. The molecule has 0 saturated heterocycles. The van der Waals surface area contributed by atoms with E-state index in [9.17, 15) is 14.4 Å². The van der Waals surface area contributed by atoms with E-state index in [-0.39, 0.29) is 24.0 Å². The van der Waals surface area contributed by atoms with Gasteiger partial charge in [-0.25, -0.2) is 0 Å². The fraction of sp³-hybridized carbons (Fsp3) is 0.881. The first-order chi connectivity index (χ1) is 32.1. The molecular weight excluding hydrogens is 819 g/mol. The van der Waals surface area contributed by atoms with Crippen molar-refractivity contribution in [3.05, 3.63) is 24.3 Å². The maximum atomic E-state index is 12.7. The first-order valence-electron chi connectivity index (χ1n) is 28.6. The third-order valence-corrected chi connectivity index (χ3v) is 12.6. The third kappa shape index (κ3) is 52.8. The average Bonchev–Trinajstić information content (AvgIpc) is 3.28. The zero-order valence-corrected chi connectivity index (χ0v) is 44.8. The fourth-order valence-electron chi connectivity index (χ4n) is 8.40. The number of hydrogen-bond acceptors (Lipinski definition) is 7. The molecule has 66 heavy (non-hydrogen) atoms. The molecule has 388 valence electrons. The fourth-order valence-corrected chi connectivity index (χ4v) is 8.40. The lowest BCUT2D eigenvalue weighted by atomic mass is 10.0. The molecule has 0 saturated carbocycles. The second kappa shape index (κ2) is 50.7. The minimum atomic E-state index is -0.0317. The van der Waals surface area contributed by atoms with Gasteiger partial charge in [0.25, 0.3) is 0 Å². The molecule has 0 unspecified atom stereocenters. The summed E-state index contributed by atoms with van der Waals surface area (Å²) in [6.45, 7) is 10.3. The van der Waals surface area contributed by atoms with Gasteiger partial charge >= 0.3 is 17.9 Å². The highest BCUT2D eigenvalue weighted by Crippen LogP contribution is 2.19. The molecule has 0 aliphatic rings. The summed E-state index contributed by atoms with van der Waals surface area (Å²) in [4.78, 5) is 38.2. The normalized spacial score (nSPS) is 12.0. The number of carbonyl (C=O) groups excluding carboxylic acids is 3. The second-order valence-corrected chi connectivity index (χ2v) is 21.0. The molecule has 0 spiro atoms. The zero-order chi connectivity index (χ0) is 48.4. The van der Waals surface area contributed by atoms with Crippen molar-refractivity contribution in [1.29, 1.82) is 0 Å². The third-order valence-electron chi connectivity index (χ3n) is 12.6. The highest BCUT2D eigenvalue weighted by Gasteiger charge is 2.14. The number of rotatable bonds is 51. The van der Waals surface area contributed by atoms with E-state index in [2.05, 4.69) is 71.0 Å². The first-order valence-corrected chi connectivity index (χ1v) is 28.6. The van der Waals surface area contributed by atoms with Gasteiger partial charge in [-0.15, -0.1) is 0 Å². The van der Waals surface area contributed by atoms with Crippen LogP contribution in [0.15, 0.2) is 24.3 Å². The molecule has 0 bridgehead atoms. The molecule has 0 radical (unpaired) electrons. The lowest BCUT2D eigenvalue weighted by molar-refractivity contribution is -0.150. The zero-order valence-electron chi connectivity index (χ0n) is 44.8. The van der Waals surface area contributed by atoms with Crippen LogP contribution in [0.2, 0.25) is 0 Å². The van der Waals surface area contributed by atoms with Gasteiger partial charge in [-0.3, -0.25) is 14.4 Å². The average molecular weight is 931 g/mol. The molecule has 7 nitrogen and oxygen atoms in total. The summed E-state index contributed by atoms with van der Waals surface area (Å²) in [5.41, 5.74) is 0. The van der Waals surface area contributed by atoms with Crippen molar-refractivity contribution in [3.8, 4) is 0 Å². The highest BCUT2D eigenvalue weighted by molar-refractivity contribution is 5.70. The van der Waals surface area contributed by atoms with Crippen LogP contribution < -0.4 is 0 Å². The Bertz CT molecular complexity index is 1040. The number of hydrogen-bond donors (Lipinski definition) is 0. The molecule has 0 fully saturated rings. The van der Waals surface area contributed by atoms with Crippen molar-refractivity contribution < 1.29 is 28.6 Å². The van der Waals surface area contributed by atoms with Gasteiger partial charge in [-0.05, 0) is 129 Å².